The zero-order valence-corrected chi connectivity index (χ0v) is 19.4. The highest BCUT2D eigenvalue weighted by atomic mass is 35.5. The van der Waals surface area contributed by atoms with Crippen LogP contribution in [0.5, 0.6) is 0 Å². The standard InChI is InChI=1S/C23H29ClN6O3/c1-13-12-15(4-7-18(13)30-10-8-17(32)9-11-30)27-22-19(21(25)33)28-20(24)23(29-22)26-14-2-5-16(31)6-3-14/h4,7,12,14,16,31H,2-3,5-6,8-11H2,1H3,(H2,25,33)(H2,26,27,29). The van der Waals surface area contributed by atoms with Gasteiger partial charge in [0.25, 0.3) is 5.91 Å². The highest BCUT2D eigenvalue weighted by Crippen LogP contribution is 2.30. The van der Waals surface area contributed by atoms with Gasteiger partial charge in [0, 0.05) is 43.3 Å². The number of aliphatic hydroxyl groups excluding tert-OH is 1. The van der Waals surface area contributed by atoms with Crippen LogP contribution in [-0.4, -0.2) is 52.0 Å². The monoisotopic (exact) mass is 472 g/mol. The van der Waals surface area contributed by atoms with Gasteiger partial charge in [-0.3, -0.25) is 9.59 Å². The molecule has 2 aliphatic rings. The van der Waals surface area contributed by atoms with Crippen LogP contribution in [0.4, 0.5) is 23.0 Å². The maximum Gasteiger partial charge on any atom is 0.271 e. The number of primary amides is 1. The first kappa shape index (κ1) is 23.3. The van der Waals surface area contributed by atoms with Crippen LogP contribution in [0.15, 0.2) is 18.2 Å². The molecule has 2 aromatic rings. The Morgan fingerprint density at radius 1 is 1.15 bits per heavy atom. The molecule has 1 saturated carbocycles. The van der Waals surface area contributed by atoms with Crippen molar-refractivity contribution in [2.24, 2.45) is 5.73 Å². The quantitative estimate of drug-likeness (QED) is 0.503. The summed E-state index contributed by atoms with van der Waals surface area (Å²) in [5.74, 6) is 0.166. The fourth-order valence-corrected chi connectivity index (χ4v) is 4.58. The highest BCUT2D eigenvalue weighted by Gasteiger charge is 2.23. The third kappa shape index (κ3) is 5.54. The van der Waals surface area contributed by atoms with Crippen LogP contribution in [0.25, 0.3) is 0 Å². The van der Waals surface area contributed by atoms with Crippen molar-refractivity contribution in [1.82, 2.24) is 9.97 Å². The van der Waals surface area contributed by atoms with E-state index in [9.17, 15) is 14.7 Å². The lowest BCUT2D eigenvalue weighted by Gasteiger charge is -2.29. The largest absolute Gasteiger partial charge is 0.393 e. The molecule has 10 heteroatoms. The molecular weight excluding hydrogens is 444 g/mol. The molecule has 1 saturated heterocycles. The maximum atomic E-state index is 12.0. The van der Waals surface area contributed by atoms with Crippen molar-refractivity contribution >= 4 is 46.3 Å². The SMILES string of the molecule is Cc1cc(Nc2nc(NC3CCC(O)CC3)c(Cl)nc2C(N)=O)ccc1N1CCC(=O)CC1. The van der Waals surface area contributed by atoms with E-state index in [1.807, 2.05) is 25.1 Å². The minimum atomic E-state index is -0.731. The first-order chi connectivity index (χ1) is 15.8. The number of carbonyl (C=O) groups excluding carboxylic acids is 2. The number of amides is 1. The van der Waals surface area contributed by atoms with E-state index in [2.05, 4.69) is 25.5 Å². The van der Waals surface area contributed by atoms with Crippen molar-refractivity contribution in [3.63, 3.8) is 0 Å². The molecule has 0 bridgehead atoms. The van der Waals surface area contributed by atoms with Gasteiger partial charge in [-0.25, -0.2) is 9.97 Å². The third-order valence-electron chi connectivity index (χ3n) is 6.25. The lowest BCUT2D eigenvalue weighted by molar-refractivity contribution is -0.119. The smallest absolute Gasteiger partial charge is 0.271 e. The summed E-state index contributed by atoms with van der Waals surface area (Å²) in [5.41, 5.74) is 8.33. The van der Waals surface area contributed by atoms with Crippen LogP contribution in [0, 0.1) is 6.92 Å². The van der Waals surface area contributed by atoms with E-state index in [0.29, 0.717) is 50.4 Å². The number of ketones is 1. The molecule has 1 aromatic carbocycles. The van der Waals surface area contributed by atoms with E-state index < -0.39 is 5.91 Å². The molecule has 4 rings (SSSR count). The topological polar surface area (TPSA) is 133 Å². The van der Waals surface area contributed by atoms with Gasteiger partial charge in [0.2, 0.25) is 0 Å². The van der Waals surface area contributed by atoms with Gasteiger partial charge < -0.3 is 26.4 Å². The van der Waals surface area contributed by atoms with E-state index in [-0.39, 0.29) is 28.8 Å². The van der Waals surface area contributed by atoms with Crippen molar-refractivity contribution in [3.05, 3.63) is 34.6 Å². The van der Waals surface area contributed by atoms with Crippen molar-refractivity contribution < 1.29 is 14.7 Å². The van der Waals surface area contributed by atoms with Crippen LogP contribution in [0.1, 0.15) is 54.6 Å². The van der Waals surface area contributed by atoms with Crippen molar-refractivity contribution in [2.45, 2.75) is 57.6 Å². The Morgan fingerprint density at radius 3 is 2.48 bits per heavy atom. The number of nitrogens with two attached hydrogens (primary N) is 1. The van der Waals surface area contributed by atoms with Crippen LogP contribution in [-0.2, 0) is 4.79 Å². The maximum absolute atomic E-state index is 12.0. The molecular formula is C23H29ClN6O3. The number of nitrogens with zero attached hydrogens (tertiary/aromatic N) is 3. The molecule has 0 radical (unpaired) electrons. The first-order valence-electron chi connectivity index (χ1n) is 11.3. The molecule has 1 aromatic heterocycles. The second-order valence-corrected chi connectivity index (χ2v) is 9.08. The average Bonchev–Trinajstić information content (AvgIpc) is 2.78. The van der Waals surface area contributed by atoms with E-state index in [4.69, 9.17) is 17.3 Å². The zero-order chi connectivity index (χ0) is 23.5. The van der Waals surface area contributed by atoms with Crippen molar-refractivity contribution in [2.75, 3.05) is 28.6 Å². The molecule has 33 heavy (non-hydrogen) atoms. The summed E-state index contributed by atoms with van der Waals surface area (Å²) < 4.78 is 0. The molecule has 0 unspecified atom stereocenters. The summed E-state index contributed by atoms with van der Waals surface area (Å²) >= 11 is 6.29. The number of aliphatic hydroxyl groups is 1. The van der Waals surface area contributed by atoms with Crippen LogP contribution in [0.3, 0.4) is 0 Å². The minimum absolute atomic E-state index is 0.0408. The second kappa shape index (κ2) is 9.93. The molecule has 1 amide bonds. The first-order valence-corrected chi connectivity index (χ1v) is 11.6. The van der Waals surface area contributed by atoms with Gasteiger partial charge in [0.05, 0.1) is 6.10 Å². The lowest BCUT2D eigenvalue weighted by Crippen LogP contribution is -2.34. The number of Topliss-reactive ketones (excluding diaryl/α,β-unsaturated/α-hetero) is 1. The van der Waals surface area contributed by atoms with Gasteiger partial charge in [0.1, 0.15) is 5.78 Å². The Kier molecular flexibility index (Phi) is 6.99. The normalized spacial score (nSPS) is 21.1. The summed E-state index contributed by atoms with van der Waals surface area (Å²) in [6.45, 7) is 3.44. The van der Waals surface area contributed by atoms with Crippen molar-refractivity contribution in [3.8, 4) is 0 Å². The number of carbonyl (C=O) groups is 2. The van der Waals surface area contributed by atoms with Gasteiger partial charge in [-0.1, -0.05) is 11.6 Å². The number of anilines is 4. The molecule has 176 valence electrons. The predicted molar refractivity (Wildman–Crippen MR) is 128 cm³/mol. The van der Waals surface area contributed by atoms with Crippen LogP contribution >= 0.6 is 11.6 Å². The molecule has 2 fully saturated rings. The van der Waals surface area contributed by atoms with Gasteiger partial charge in [-0.05, 0) is 56.4 Å². The molecule has 0 atom stereocenters. The van der Waals surface area contributed by atoms with Gasteiger partial charge in [-0.15, -0.1) is 0 Å². The van der Waals surface area contributed by atoms with E-state index in [1.165, 1.54) is 0 Å². The van der Waals surface area contributed by atoms with Gasteiger partial charge in [0.15, 0.2) is 22.5 Å². The number of aryl methyl sites for hydroxylation is 1. The van der Waals surface area contributed by atoms with E-state index in [1.54, 1.807) is 0 Å². The Balaban J connectivity index is 1.55. The molecule has 1 aliphatic carbocycles. The number of hydrogen-bond donors (Lipinski definition) is 4. The zero-order valence-electron chi connectivity index (χ0n) is 18.6. The summed E-state index contributed by atoms with van der Waals surface area (Å²) in [6, 6.07) is 5.97. The van der Waals surface area contributed by atoms with E-state index >= 15 is 0 Å². The van der Waals surface area contributed by atoms with Crippen LogP contribution in [0.2, 0.25) is 5.15 Å². The lowest BCUT2D eigenvalue weighted by atomic mass is 9.93. The number of nitrogens with one attached hydrogen (secondary N) is 2. The fraction of sp³-hybridized carbons (Fsp3) is 0.478. The number of piperidine rings is 1. The summed E-state index contributed by atoms with van der Waals surface area (Å²) in [7, 11) is 0. The molecule has 1 aliphatic heterocycles. The number of aromatic nitrogens is 2. The van der Waals surface area contributed by atoms with Gasteiger partial charge in [-0.2, -0.15) is 0 Å². The number of benzene rings is 1. The van der Waals surface area contributed by atoms with E-state index in [0.717, 1.165) is 29.8 Å². The average molecular weight is 473 g/mol. The Hall–Kier alpha value is -2.91. The third-order valence-corrected chi connectivity index (χ3v) is 6.51. The summed E-state index contributed by atoms with van der Waals surface area (Å²) in [4.78, 5) is 34.5. The van der Waals surface area contributed by atoms with Gasteiger partial charge >= 0.3 is 0 Å². The number of rotatable bonds is 6. The number of halogens is 1. The Bertz CT molecular complexity index is 1040. The molecule has 0 spiro atoms. The predicted octanol–water partition coefficient (Wildman–Crippen LogP) is 3.17. The molecule has 5 N–H and O–H groups in total. The molecule has 9 nitrogen and oxygen atoms in total. The number of hydrogen-bond acceptors (Lipinski definition) is 8. The van der Waals surface area contributed by atoms with Crippen LogP contribution < -0.4 is 21.3 Å². The summed E-state index contributed by atoms with van der Waals surface area (Å²) in [6.07, 6.45) is 3.88. The Labute approximate surface area is 197 Å². The highest BCUT2D eigenvalue weighted by molar-refractivity contribution is 6.32. The second-order valence-electron chi connectivity index (χ2n) is 8.73. The molecule has 2 heterocycles. The summed E-state index contributed by atoms with van der Waals surface area (Å²) in [5, 5.41) is 16.2. The fourth-order valence-electron chi connectivity index (χ4n) is 4.40. The van der Waals surface area contributed by atoms with Crippen molar-refractivity contribution in [1.29, 1.82) is 0 Å². The Morgan fingerprint density at radius 2 is 1.85 bits per heavy atom. The minimum Gasteiger partial charge on any atom is -0.393 e.